The van der Waals surface area contributed by atoms with E-state index in [1.165, 1.54) is 5.56 Å². The van der Waals surface area contributed by atoms with E-state index < -0.39 is 0 Å². The van der Waals surface area contributed by atoms with Crippen molar-refractivity contribution in [3.63, 3.8) is 0 Å². The number of amides is 1. The Morgan fingerprint density at radius 2 is 1.73 bits per heavy atom. The summed E-state index contributed by atoms with van der Waals surface area (Å²) >= 11 is 0. The first-order valence-corrected chi connectivity index (χ1v) is 9.04. The van der Waals surface area contributed by atoms with Crippen LogP contribution in [0.1, 0.15) is 44.4 Å². The van der Waals surface area contributed by atoms with Gasteiger partial charge in [-0.1, -0.05) is 57.2 Å². The van der Waals surface area contributed by atoms with Crippen molar-refractivity contribution in [1.82, 2.24) is 5.32 Å². The second-order valence-electron chi connectivity index (χ2n) is 7.30. The van der Waals surface area contributed by atoms with Gasteiger partial charge in [0.1, 0.15) is 5.75 Å². The van der Waals surface area contributed by atoms with E-state index in [2.05, 4.69) is 32.2 Å². The third kappa shape index (κ3) is 6.52. The molecule has 2 aromatic rings. The molecule has 0 saturated heterocycles. The van der Waals surface area contributed by atoms with Gasteiger partial charge in [0.2, 0.25) is 0 Å². The Morgan fingerprint density at radius 1 is 1.04 bits per heavy atom. The van der Waals surface area contributed by atoms with Crippen LogP contribution in [0.5, 0.6) is 5.75 Å². The maximum absolute atomic E-state index is 12.0. The van der Waals surface area contributed by atoms with E-state index in [4.69, 9.17) is 9.47 Å². The van der Waals surface area contributed by atoms with Crippen molar-refractivity contribution < 1.29 is 14.3 Å². The van der Waals surface area contributed by atoms with Crippen LogP contribution in [0, 0.1) is 0 Å². The van der Waals surface area contributed by atoms with Gasteiger partial charge < -0.3 is 14.8 Å². The zero-order chi connectivity index (χ0) is 19.0. The predicted octanol–water partition coefficient (Wildman–Crippen LogP) is 4.22. The van der Waals surface area contributed by atoms with Crippen LogP contribution in [-0.4, -0.2) is 19.1 Å². The van der Waals surface area contributed by atoms with Gasteiger partial charge in [-0.25, -0.2) is 0 Å². The summed E-state index contributed by atoms with van der Waals surface area (Å²) in [5.74, 6) is 0.581. The third-order valence-corrected chi connectivity index (χ3v) is 4.06. The quantitative estimate of drug-likeness (QED) is 0.771. The first-order chi connectivity index (χ1) is 12.4. The van der Waals surface area contributed by atoms with Gasteiger partial charge in [0.05, 0.1) is 6.61 Å². The minimum atomic E-state index is -0.135. The average molecular weight is 355 g/mol. The summed E-state index contributed by atoms with van der Waals surface area (Å²) in [5.41, 5.74) is 3.41. The van der Waals surface area contributed by atoms with E-state index in [1.54, 1.807) is 0 Å². The highest BCUT2D eigenvalue weighted by molar-refractivity contribution is 5.77. The molecule has 140 valence electrons. The molecule has 2 rings (SSSR count). The standard InChI is InChI=1S/C22H29NO3/c1-5-25-15-18-11-9-17(10-12-18)14-23-21(24)16-26-20-8-6-7-19(13-20)22(2,3)4/h6-13H,5,14-16H2,1-4H3,(H,23,24). The molecule has 4 nitrogen and oxygen atoms in total. The van der Waals surface area contributed by atoms with Crippen molar-refractivity contribution in [3.8, 4) is 5.75 Å². The topological polar surface area (TPSA) is 47.6 Å². The van der Waals surface area contributed by atoms with Crippen molar-refractivity contribution in [1.29, 1.82) is 0 Å². The van der Waals surface area contributed by atoms with Crippen LogP contribution in [0.4, 0.5) is 0 Å². The smallest absolute Gasteiger partial charge is 0.258 e. The van der Waals surface area contributed by atoms with Crippen molar-refractivity contribution >= 4 is 5.91 Å². The zero-order valence-corrected chi connectivity index (χ0v) is 16.2. The van der Waals surface area contributed by atoms with Crippen molar-refractivity contribution in [3.05, 3.63) is 65.2 Å². The van der Waals surface area contributed by atoms with Gasteiger partial charge in [0.25, 0.3) is 5.91 Å². The molecule has 0 aliphatic heterocycles. The molecule has 2 aromatic carbocycles. The van der Waals surface area contributed by atoms with E-state index in [-0.39, 0.29) is 17.9 Å². The number of rotatable bonds is 8. The molecule has 0 saturated carbocycles. The molecule has 0 aliphatic rings. The van der Waals surface area contributed by atoms with E-state index in [9.17, 15) is 4.79 Å². The molecule has 1 amide bonds. The van der Waals surface area contributed by atoms with E-state index in [0.29, 0.717) is 25.5 Å². The number of ether oxygens (including phenoxy) is 2. The van der Waals surface area contributed by atoms with Crippen LogP contribution < -0.4 is 10.1 Å². The number of hydrogen-bond acceptors (Lipinski definition) is 3. The summed E-state index contributed by atoms with van der Waals surface area (Å²) < 4.78 is 11.0. The molecule has 0 heterocycles. The third-order valence-electron chi connectivity index (χ3n) is 4.06. The Labute approximate surface area is 156 Å². The van der Waals surface area contributed by atoms with Crippen LogP contribution >= 0.6 is 0 Å². The van der Waals surface area contributed by atoms with Crippen LogP contribution in [0.2, 0.25) is 0 Å². The number of hydrogen-bond donors (Lipinski definition) is 1. The molecule has 0 bridgehead atoms. The van der Waals surface area contributed by atoms with Crippen LogP contribution in [-0.2, 0) is 28.1 Å². The lowest BCUT2D eigenvalue weighted by atomic mass is 9.87. The monoisotopic (exact) mass is 355 g/mol. The highest BCUT2D eigenvalue weighted by atomic mass is 16.5. The van der Waals surface area contributed by atoms with Crippen molar-refractivity contribution in [2.24, 2.45) is 0 Å². The molecule has 0 fully saturated rings. The first-order valence-electron chi connectivity index (χ1n) is 9.04. The van der Waals surface area contributed by atoms with Gasteiger partial charge in [-0.15, -0.1) is 0 Å². The molecular weight excluding hydrogens is 326 g/mol. The van der Waals surface area contributed by atoms with E-state index in [1.807, 2.05) is 49.4 Å². The lowest BCUT2D eigenvalue weighted by Gasteiger charge is -2.19. The van der Waals surface area contributed by atoms with Crippen LogP contribution in [0.3, 0.4) is 0 Å². The lowest BCUT2D eigenvalue weighted by Crippen LogP contribution is -2.28. The van der Waals surface area contributed by atoms with Gasteiger partial charge in [0.15, 0.2) is 6.61 Å². The molecule has 0 unspecified atom stereocenters. The van der Waals surface area contributed by atoms with E-state index >= 15 is 0 Å². The van der Waals surface area contributed by atoms with Gasteiger partial charge >= 0.3 is 0 Å². The summed E-state index contributed by atoms with van der Waals surface area (Å²) in [7, 11) is 0. The summed E-state index contributed by atoms with van der Waals surface area (Å²) in [5, 5.41) is 2.88. The maximum atomic E-state index is 12.0. The van der Waals surface area contributed by atoms with Crippen molar-refractivity contribution in [2.45, 2.75) is 46.3 Å². The molecule has 0 radical (unpaired) electrons. The molecule has 0 spiro atoms. The maximum Gasteiger partial charge on any atom is 0.258 e. The van der Waals surface area contributed by atoms with Gasteiger partial charge in [0, 0.05) is 13.2 Å². The first kappa shape index (κ1) is 20.0. The number of carbonyl (C=O) groups excluding carboxylic acids is 1. The lowest BCUT2D eigenvalue weighted by molar-refractivity contribution is -0.123. The summed E-state index contributed by atoms with van der Waals surface area (Å²) in [6, 6.07) is 15.9. The average Bonchev–Trinajstić information content (AvgIpc) is 2.63. The minimum Gasteiger partial charge on any atom is -0.484 e. The predicted molar refractivity (Wildman–Crippen MR) is 104 cm³/mol. The fraction of sp³-hybridized carbons (Fsp3) is 0.409. The fourth-order valence-corrected chi connectivity index (χ4v) is 2.43. The van der Waals surface area contributed by atoms with E-state index in [0.717, 1.165) is 11.1 Å². The van der Waals surface area contributed by atoms with Crippen LogP contribution in [0.25, 0.3) is 0 Å². The Kier molecular flexibility index (Phi) is 7.22. The second-order valence-corrected chi connectivity index (χ2v) is 7.30. The number of benzene rings is 2. The minimum absolute atomic E-state index is 0.00994. The number of nitrogens with one attached hydrogen (secondary N) is 1. The molecule has 1 N–H and O–H groups in total. The largest absolute Gasteiger partial charge is 0.484 e. The SMILES string of the molecule is CCOCc1ccc(CNC(=O)COc2cccc(C(C)(C)C)c2)cc1. The Morgan fingerprint density at radius 3 is 2.38 bits per heavy atom. The highest BCUT2D eigenvalue weighted by Gasteiger charge is 2.14. The second kappa shape index (κ2) is 9.39. The highest BCUT2D eigenvalue weighted by Crippen LogP contribution is 2.25. The Balaban J connectivity index is 1.79. The normalized spacial score (nSPS) is 11.2. The molecule has 0 aliphatic carbocycles. The molecular formula is C22H29NO3. The molecule has 4 heteroatoms. The fourth-order valence-electron chi connectivity index (χ4n) is 2.43. The summed E-state index contributed by atoms with van der Waals surface area (Å²) in [4.78, 5) is 12.0. The number of carbonyl (C=O) groups is 1. The molecule has 0 aromatic heterocycles. The molecule has 26 heavy (non-hydrogen) atoms. The Hall–Kier alpha value is -2.33. The van der Waals surface area contributed by atoms with Crippen LogP contribution in [0.15, 0.2) is 48.5 Å². The van der Waals surface area contributed by atoms with Gasteiger partial charge in [-0.2, -0.15) is 0 Å². The summed E-state index contributed by atoms with van der Waals surface area (Å²) in [6.07, 6.45) is 0. The van der Waals surface area contributed by atoms with Gasteiger partial charge in [-0.05, 0) is 41.2 Å². The zero-order valence-electron chi connectivity index (χ0n) is 16.2. The summed E-state index contributed by atoms with van der Waals surface area (Å²) in [6.45, 7) is 10.2. The van der Waals surface area contributed by atoms with Gasteiger partial charge in [-0.3, -0.25) is 4.79 Å². The molecule has 0 atom stereocenters. The van der Waals surface area contributed by atoms with Crippen molar-refractivity contribution in [2.75, 3.05) is 13.2 Å². The Bertz CT molecular complexity index is 702.